The molecule has 0 fully saturated rings. The lowest BCUT2D eigenvalue weighted by Gasteiger charge is -2.31. The normalized spacial score (nSPS) is 21.1. The van der Waals surface area contributed by atoms with Crippen LogP contribution in [-0.4, -0.2) is 14.2 Å². The molecule has 3 rings (SSSR count). The van der Waals surface area contributed by atoms with E-state index in [1.54, 1.807) is 18.4 Å². The molecule has 2 atom stereocenters. The van der Waals surface area contributed by atoms with E-state index < -0.39 is 0 Å². The molecule has 5 heteroatoms. The van der Waals surface area contributed by atoms with Gasteiger partial charge in [0.05, 0.1) is 7.11 Å². The summed E-state index contributed by atoms with van der Waals surface area (Å²) in [6.45, 7) is 0. The first-order chi connectivity index (χ1) is 9.71. The second-order valence-corrected chi connectivity index (χ2v) is 6.61. The fourth-order valence-electron chi connectivity index (χ4n) is 2.52. The van der Waals surface area contributed by atoms with E-state index in [1.807, 2.05) is 19.2 Å². The van der Waals surface area contributed by atoms with Crippen molar-refractivity contribution in [2.24, 2.45) is 0 Å². The Balaban J connectivity index is 1.94. The molecule has 2 unspecified atom stereocenters. The SMILES string of the molecule is CNC1CC(c2cc(Br)cs2)Oc2ccc(OC)cc21. The van der Waals surface area contributed by atoms with Crippen LogP contribution in [-0.2, 0) is 0 Å². The Hall–Kier alpha value is -1.04. The Labute approximate surface area is 131 Å². The minimum absolute atomic E-state index is 0.102. The number of rotatable bonds is 3. The van der Waals surface area contributed by atoms with E-state index in [1.165, 1.54) is 10.4 Å². The Morgan fingerprint density at radius 1 is 1.40 bits per heavy atom. The van der Waals surface area contributed by atoms with Crippen LogP contribution in [0.25, 0.3) is 0 Å². The predicted octanol–water partition coefficient (Wildman–Crippen LogP) is 4.30. The summed E-state index contributed by atoms with van der Waals surface area (Å²) < 4.78 is 12.6. The summed E-state index contributed by atoms with van der Waals surface area (Å²) in [6.07, 6.45) is 1.02. The van der Waals surface area contributed by atoms with Crippen molar-refractivity contribution in [2.75, 3.05) is 14.2 Å². The summed E-state index contributed by atoms with van der Waals surface area (Å²) in [5.74, 6) is 1.80. The topological polar surface area (TPSA) is 30.5 Å². The van der Waals surface area contributed by atoms with Crippen LogP contribution in [0.1, 0.15) is 29.0 Å². The molecule has 1 N–H and O–H groups in total. The van der Waals surface area contributed by atoms with Gasteiger partial charge in [-0.3, -0.25) is 0 Å². The van der Waals surface area contributed by atoms with Crippen LogP contribution in [0.2, 0.25) is 0 Å². The van der Waals surface area contributed by atoms with Crippen molar-refractivity contribution in [1.29, 1.82) is 0 Å². The van der Waals surface area contributed by atoms with Gasteiger partial charge in [0, 0.05) is 32.8 Å². The van der Waals surface area contributed by atoms with Gasteiger partial charge in [-0.1, -0.05) is 0 Å². The monoisotopic (exact) mass is 353 g/mol. The summed E-state index contributed by atoms with van der Waals surface area (Å²) in [5.41, 5.74) is 1.17. The summed E-state index contributed by atoms with van der Waals surface area (Å²) in [5, 5.41) is 5.47. The van der Waals surface area contributed by atoms with E-state index in [2.05, 4.69) is 38.8 Å². The second kappa shape index (κ2) is 5.76. The van der Waals surface area contributed by atoms with E-state index in [4.69, 9.17) is 9.47 Å². The Kier molecular flexibility index (Phi) is 4.01. The molecular formula is C15H16BrNO2S. The molecule has 0 radical (unpaired) electrons. The van der Waals surface area contributed by atoms with Crippen molar-refractivity contribution in [1.82, 2.24) is 5.32 Å². The molecule has 0 amide bonds. The van der Waals surface area contributed by atoms with Gasteiger partial charge >= 0.3 is 0 Å². The molecule has 0 saturated heterocycles. The van der Waals surface area contributed by atoms with Crippen molar-refractivity contribution in [3.8, 4) is 11.5 Å². The average Bonchev–Trinajstić information content (AvgIpc) is 2.92. The fraction of sp³-hybridized carbons (Fsp3) is 0.333. The Morgan fingerprint density at radius 3 is 2.90 bits per heavy atom. The standard InChI is InChI=1S/C15H16BrNO2S/c1-17-12-7-14(15-5-9(16)8-20-15)19-13-4-3-10(18-2)6-11(12)13/h3-6,8,12,14,17H,7H2,1-2H3. The first-order valence-electron chi connectivity index (χ1n) is 6.47. The van der Waals surface area contributed by atoms with E-state index in [0.717, 1.165) is 22.4 Å². The average molecular weight is 354 g/mol. The molecule has 20 heavy (non-hydrogen) atoms. The molecule has 0 saturated carbocycles. The first-order valence-corrected chi connectivity index (χ1v) is 8.14. The molecule has 106 valence electrons. The maximum Gasteiger partial charge on any atom is 0.135 e. The number of hydrogen-bond donors (Lipinski definition) is 1. The summed E-state index contributed by atoms with van der Waals surface area (Å²) in [6, 6.07) is 8.40. The number of halogens is 1. The smallest absolute Gasteiger partial charge is 0.135 e. The van der Waals surface area contributed by atoms with Crippen molar-refractivity contribution in [2.45, 2.75) is 18.6 Å². The fourth-order valence-corrected chi connectivity index (χ4v) is 4.01. The van der Waals surface area contributed by atoms with Gasteiger partial charge in [0.2, 0.25) is 0 Å². The largest absolute Gasteiger partial charge is 0.497 e. The van der Waals surface area contributed by atoms with Crippen molar-refractivity contribution in [3.63, 3.8) is 0 Å². The summed E-state index contributed by atoms with van der Waals surface area (Å²) in [7, 11) is 3.67. The van der Waals surface area contributed by atoms with E-state index in [0.29, 0.717) is 0 Å². The number of thiophene rings is 1. The van der Waals surface area contributed by atoms with Crippen LogP contribution in [0, 0.1) is 0 Å². The van der Waals surface area contributed by atoms with Crippen LogP contribution < -0.4 is 14.8 Å². The second-order valence-electron chi connectivity index (χ2n) is 4.75. The van der Waals surface area contributed by atoms with Crippen molar-refractivity contribution >= 4 is 27.3 Å². The zero-order chi connectivity index (χ0) is 14.1. The van der Waals surface area contributed by atoms with Gasteiger partial charge in [-0.2, -0.15) is 0 Å². The van der Waals surface area contributed by atoms with Gasteiger partial charge < -0.3 is 14.8 Å². The van der Waals surface area contributed by atoms with Crippen LogP contribution in [0.4, 0.5) is 0 Å². The molecule has 2 heterocycles. The van der Waals surface area contributed by atoms with Crippen LogP contribution in [0.5, 0.6) is 11.5 Å². The van der Waals surface area contributed by atoms with Crippen LogP contribution in [0.15, 0.2) is 34.1 Å². The van der Waals surface area contributed by atoms with Crippen molar-refractivity contribution < 1.29 is 9.47 Å². The summed E-state index contributed by atoms with van der Waals surface area (Å²) in [4.78, 5) is 1.25. The lowest BCUT2D eigenvalue weighted by Crippen LogP contribution is -2.26. The summed E-state index contributed by atoms with van der Waals surface area (Å²) >= 11 is 5.23. The van der Waals surface area contributed by atoms with E-state index >= 15 is 0 Å². The lowest BCUT2D eigenvalue weighted by atomic mass is 9.95. The molecule has 1 aromatic carbocycles. The van der Waals surface area contributed by atoms with Gasteiger partial charge in [0.15, 0.2) is 0 Å². The minimum atomic E-state index is 0.102. The number of hydrogen-bond acceptors (Lipinski definition) is 4. The molecule has 1 aliphatic rings. The van der Waals surface area contributed by atoms with Gasteiger partial charge in [0.1, 0.15) is 17.6 Å². The zero-order valence-electron chi connectivity index (χ0n) is 11.4. The molecular weight excluding hydrogens is 338 g/mol. The lowest BCUT2D eigenvalue weighted by molar-refractivity contribution is 0.156. The number of nitrogens with one attached hydrogen (secondary N) is 1. The van der Waals surface area contributed by atoms with Gasteiger partial charge in [-0.05, 0) is 47.2 Å². The zero-order valence-corrected chi connectivity index (χ0v) is 13.8. The molecule has 0 bridgehead atoms. The molecule has 2 aromatic rings. The quantitative estimate of drug-likeness (QED) is 0.891. The molecule has 1 aliphatic heterocycles. The highest BCUT2D eigenvalue weighted by atomic mass is 79.9. The van der Waals surface area contributed by atoms with Crippen molar-refractivity contribution in [3.05, 3.63) is 44.6 Å². The third-order valence-corrected chi connectivity index (χ3v) is 5.35. The number of fused-ring (bicyclic) bond motifs is 1. The van der Waals surface area contributed by atoms with Gasteiger partial charge in [-0.25, -0.2) is 0 Å². The first kappa shape index (κ1) is 13.9. The molecule has 1 aromatic heterocycles. The number of ether oxygens (including phenoxy) is 2. The predicted molar refractivity (Wildman–Crippen MR) is 84.8 cm³/mol. The molecule has 0 spiro atoms. The highest BCUT2D eigenvalue weighted by Crippen LogP contribution is 2.43. The maximum absolute atomic E-state index is 6.16. The highest BCUT2D eigenvalue weighted by molar-refractivity contribution is 9.10. The third kappa shape index (κ3) is 2.57. The molecule has 3 nitrogen and oxygen atoms in total. The van der Waals surface area contributed by atoms with Gasteiger partial charge in [0.25, 0.3) is 0 Å². The number of benzene rings is 1. The maximum atomic E-state index is 6.16. The number of methoxy groups -OCH3 is 1. The minimum Gasteiger partial charge on any atom is -0.497 e. The van der Waals surface area contributed by atoms with Crippen LogP contribution in [0.3, 0.4) is 0 Å². The molecule has 0 aliphatic carbocycles. The van der Waals surface area contributed by atoms with Gasteiger partial charge in [-0.15, -0.1) is 11.3 Å². The third-order valence-electron chi connectivity index (χ3n) is 3.56. The Morgan fingerprint density at radius 2 is 2.25 bits per heavy atom. The van der Waals surface area contributed by atoms with Crippen LogP contribution >= 0.6 is 27.3 Å². The van der Waals surface area contributed by atoms with E-state index in [9.17, 15) is 0 Å². The highest BCUT2D eigenvalue weighted by Gasteiger charge is 2.29. The Bertz CT molecular complexity index is 614. The van der Waals surface area contributed by atoms with E-state index in [-0.39, 0.29) is 12.1 Å².